The number of hydrogen-bond acceptors (Lipinski definition) is 2. The van der Waals surface area contributed by atoms with Gasteiger partial charge < -0.3 is 10.1 Å². The Hall–Kier alpha value is -1.51. The summed E-state index contributed by atoms with van der Waals surface area (Å²) in [4.78, 5) is 11.6. The summed E-state index contributed by atoms with van der Waals surface area (Å²) >= 11 is 0. The Kier molecular flexibility index (Phi) is 3.90. The molecule has 0 radical (unpaired) electrons. The van der Waals surface area contributed by atoms with Crippen LogP contribution in [0.15, 0.2) is 18.2 Å². The maximum Gasteiger partial charge on any atom is 0.223 e. The second kappa shape index (κ2) is 5.42. The largest absolute Gasteiger partial charge is 0.491 e. The van der Waals surface area contributed by atoms with Crippen molar-refractivity contribution in [2.45, 2.75) is 39.7 Å². The first-order valence-corrected chi connectivity index (χ1v) is 6.56. The first-order chi connectivity index (χ1) is 8.56. The molecule has 3 nitrogen and oxygen atoms in total. The van der Waals surface area contributed by atoms with E-state index in [1.807, 2.05) is 19.1 Å². The van der Waals surface area contributed by atoms with Crippen molar-refractivity contribution in [3.63, 3.8) is 0 Å². The first kappa shape index (κ1) is 12.9. The Morgan fingerprint density at radius 1 is 1.39 bits per heavy atom. The highest BCUT2D eigenvalue weighted by atomic mass is 16.5. The van der Waals surface area contributed by atoms with Crippen LogP contribution in [0.3, 0.4) is 0 Å². The van der Waals surface area contributed by atoms with E-state index in [4.69, 9.17) is 4.74 Å². The second-order valence-corrected chi connectivity index (χ2v) is 5.24. The fourth-order valence-electron chi connectivity index (χ4n) is 1.77. The van der Waals surface area contributed by atoms with Gasteiger partial charge in [-0.3, -0.25) is 4.79 Å². The summed E-state index contributed by atoms with van der Waals surface area (Å²) in [7, 11) is 0. The quantitative estimate of drug-likeness (QED) is 0.868. The van der Waals surface area contributed by atoms with E-state index in [0.29, 0.717) is 6.61 Å². The molecule has 1 aromatic carbocycles. The van der Waals surface area contributed by atoms with Crippen LogP contribution in [-0.4, -0.2) is 18.6 Å². The van der Waals surface area contributed by atoms with Crippen molar-refractivity contribution in [1.29, 1.82) is 0 Å². The molecule has 2 rings (SSSR count). The Morgan fingerprint density at radius 3 is 2.72 bits per heavy atom. The summed E-state index contributed by atoms with van der Waals surface area (Å²) in [6.45, 7) is 6.64. The lowest BCUT2D eigenvalue weighted by molar-refractivity contribution is -0.123. The van der Waals surface area contributed by atoms with Crippen LogP contribution in [0.2, 0.25) is 0 Å². The number of aryl methyl sites for hydroxylation is 2. The predicted molar refractivity (Wildman–Crippen MR) is 71.7 cm³/mol. The van der Waals surface area contributed by atoms with E-state index < -0.39 is 0 Å². The molecular formula is C15H21NO2. The lowest BCUT2D eigenvalue weighted by Gasteiger charge is -2.15. The number of carbonyl (C=O) groups is 1. The van der Waals surface area contributed by atoms with E-state index in [1.165, 1.54) is 11.1 Å². The SMILES string of the molecule is Cc1ccc(OC[C@@H](C)NC(=O)C2CC2)cc1C. The summed E-state index contributed by atoms with van der Waals surface area (Å²) in [6, 6.07) is 6.11. The van der Waals surface area contributed by atoms with E-state index in [0.717, 1.165) is 18.6 Å². The molecule has 0 aliphatic heterocycles. The highest BCUT2D eigenvalue weighted by molar-refractivity contribution is 5.81. The predicted octanol–water partition coefficient (Wildman–Crippen LogP) is 2.60. The van der Waals surface area contributed by atoms with Crippen LogP contribution in [0, 0.1) is 19.8 Å². The lowest BCUT2D eigenvalue weighted by atomic mass is 10.1. The third-order valence-corrected chi connectivity index (χ3v) is 3.32. The lowest BCUT2D eigenvalue weighted by Crippen LogP contribution is -2.37. The van der Waals surface area contributed by atoms with Crippen LogP contribution < -0.4 is 10.1 Å². The van der Waals surface area contributed by atoms with E-state index in [2.05, 4.69) is 25.2 Å². The smallest absolute Gasteiger partial charge is 0.223 e. The van der Waals surface area contributed by atoms with Crippen molar-refractivity contribution in [3.8, 4) is 5.75 Å². The Bertz CT molecular complexity index is 438. The minimum Gasteiger partial charge on any atom is -0.491 e. The molecular weight excluding hydrogens is 226 g/mol. The molecule has 1 N–H and O–H groups in total. The average Bonchev–Trinajstić information content (AvgIpc) is 3.14. The van der Waals surface area contributed by atoms with Crippen LogP contribution >= 0.6 is 0 Å². The summed E-state index contributed by atoms with van der Waals surface area (Å²) in [5.41, 5.74) is 2.49. The minimum atomic E-state index is 0.0553. The third-order valence-electron chi connectivity index (χ3n) is 3.32. The zero-order chi connectivity index (χ0) is 13.1. The number of hydrogen-bond donors (Lipinski definition) is 1. The summed E-state index contributed by atoms with van der Waals surface area (Å²) < 4.78 is 5.69. The zero-order valence-electron chi connectivity index (χ0n) is 11.3. The number of benzene rings is 1. The molecule has 3 heteroatoms. The van der Waals surface area contributed by atoms with Crippen molar-refractivity contribution in [3.05, 3.63) is 29.3 Å². The molecule has 0 saturated heterocycles. The molecule has 18 heavy (non-hydrogen) atoms. The number of nitrogens with one attached hydrogen (secondary N) is 1. The molecule has 1 amide bonds. The van der Waals surface area contributed by atoms with E-state index in [9.17, 15) is 4.79 Å². The van der Waals surface area contributed by atoms with Gasteiger partial charge in [0.1, 0.15) is 12.4 Å². The number of amides is 1. The first-order valence-electron chi connectivity index (χ1n) is 6.56. The Balaban J connectivity index is 1.79. The fourth-order valence-corrected chi connectivity index (χ4v) is 1.77. The van der Waals surface area contributed by atoms with Crippen molar-refractivity contribution in [2.24, 2.45) is 5.92 Å². The van der Waals surface area contributed by atoms with Crippen molar-refractivity contribution in [2.75, 3.05) is 6.61 Å². The molecule has 1 aromatic rings. The monoisotopic (exact) mass is 247 g/mol. The summed E-state index contributed by atoms with van der Waals surface area (Å²) in [5.74, 6) is 1.30. The molecule has 1 aliphatic rings. The molecule has 0 aromatic heterocycles. The second-order valence-electron chi connectivity index (χ2n) is 5.24. The van der Waals surface area contributed by atoms with Gasteiger partial charge in [0.15, 0.2) is 0 Å². The number of rotatable bonds is 5. The van der Waals surface area contributed by atoms with Gasteiger partial charge in [0.05, 0.1) is 6.04 Å². The Morgan fingerprint density at radius 2 is 2.11 bits per heavy atom. The van der Waals surface area contributed by atoms with Crippen LogP contribution in [0.4, 0.5) is 0 Å². The van der Waals surface area contributed by atoms with Gasteiger partial charge >= 0.3 is 0 Å². The maximum absolute atomic E-state index is 11.6. The van der Waals surface area contributed by atoms with Gasteiger partial charge in [0.2, 0.25) is 5.91 Å². The normalized spacial score (nSPS) is 16.2. The third kappa shape index (κ3) is 3.49. The van der Waals surface area contributed by atoms with Crippen LogP contribution in [0.1, 0.15) is 30.9 Å². The Labute approximate surface area is 109 Å². The molecule has 1 atom stereocenters. The molecule has 98 valence electrons. The molecule has 0 spiro atoms. The fraction of sp³-hybridized carbons (Fsp3) is 0.533. The van der Waals surface area contributed by atoms with Gasteiger partial charge in [0.25, 0.3) is 0 Å². The van der Waals surface area contributed by atoms with Gasteiger partial charge in [-0.05, 0) is 56.9 Å². The van der Waals surface area contributed by atoms with Gasteiger partial charge in [-0.1, -0.05) is 6.07 Å². The highest BCUT2D eigenvalue weighted by Gasteiger charge is 2.30. The van der Waals surface area contributed by atoms with E-state index in [1.54, 1.807) is 0 Å². The summed E-state index contributed by atoms with van der Waals surface area (Å²) in [5, 5.41) is 2.97. The van der Waals surface area contributed by atoms with Crippen molar-refractivity contribution < 1.29 is 9.53 Å². The van der Waals surface area contributed by atoms with Crippen LogP contribution in [0.25, 0.3) is 0 Å². The standard InChI is InChI=1S/C15H21NO2/c1-10-4-7-14(8-11(10)2)18-9-12(3)16-15(17)13-5-6-13/h4,7-8,12-13H,5-6,9H2,1-3H3,(H,16,17)/t12-/m1/s1. The van der Waals surface area contributed by atoms with E-state index >= 15 is 0 Å². The van der Waals surface area contributed by atoms with E-state index in [-0.39, 0.29) is 17.9 Å². The van der Waals surface area contributed by atoms with Gasteiger partial charge in [-0.15, -0.1) is 0 Å². The molecule has 0 heterocycles. The minimum absolute atomic E-state index is 0.0553. The zero-order valence-corrected chi connectivity index (χ0v) is 11.3. The van der Waals surface area contributed by atoms with Gasteiger partial charge in [-0.2, -0.15) is 0 Å². The molecule has 0 unspecified atom stereocenters. The topological polar surface area (TPSA) is 38.3 Å². The maximum atomic E-state index is 11.6. The van der Waals surface area contributed by atoms with Crippen molar-refractivity contribution >= 4 is 5.91 Å². The van der Waals surface area contributed by atoms with Gasteiger partial charge in [-0.25, -0.2) is 0 Å². The van der Waals surface area contributed by atoms with Gasteiger partial charge in [0, 0.05) is 5.92 Å². The van der Waals surface area contributed by atoms with Crippen molar-refractivity contribution in [1.82, 2.24) is 5.32 Å². The van der Waals surface area contributed by atoms with Crippen LogP contribution in [0.5, 0.6) is 5.75 Å². The highest BCUT2D eigenvalue weighted by Crippen LogP contribution is 2.28. The molecule has 1 saturated carbocycles. The number of ether oxygens (including phenoxy) is 1. The molecule has 0 bridgehead atoms. The van der Waals surface area contributed by atoms with Crippen LogP contribution in [-0.2, 0) is 4.79 Å². The summed E-state index contributed by atoms with van der Waals surface area (Å²) in [6.07, 6.45) is 2.08. The average molecular weight is 247 g/mol. The molecule has 1 aliphatic carbocycles. The molecule has 1 fully saturated rings. The number of carbonyl (C=O) groups excluding carboxylic acids is 1.